The Morgan fingerprint density at radius 3 is 2.52 bits per heavy atom. The second kappa shape index (κ2) is 11.1. The first-order valence-corrected chi connectivity index (χ1v) is 9.63. The van der Waals surface area contributed by atoms with Crippen molar-refractivity contribution in [1.29, 1.82) is 0 Å². The van der Waals surface area contributed by atoms with E-state index >= 15 is 0 Å². The minimum Gasteiger partial charge on any atom is -0.493 e. The van der Waals surface area contributed by atoms with Crippen LogP contribution in [0.1, 0.15) is 25.0 Å². The molecular weight excluding hydrogens is 367 g/mol. The van der Waals surface area contributed by atoms with Crippen molar-refractivity contribution in [1.82, 2.24) is 10.2 Å². The molecule has 0 aliphatic rings. The summed E-state index contributed by atoms with van der Waals surface area (Å²) in [5.74, 6) is 0.844. The zero-order valence-electron chi connectivity index (χ0n) is 16.2. The maximum Gasteiger partial charge on any atom is 0.166 e. The topological polar surface area (TPSA) is 33.7 Å². The van der Waals surface area contributed by atoms with Gasteiger partial charge in [-0.3, -0.25) is 0 Å². The normalized spacial score (nSPS) is 11.0. The van der Waals surface area contributed by atoms with Crippen LogP contribution in [0.2, 0.25) is 5.02 Å². The van der Waals surface area contributed by atoms with Crippen molar-refractivity contribution in [3.63, 3.8) is 0 Å². The van der Waals surface area contributed by atoms with E-state index in [2.05, 4.69) is 24.1 Å². The van der Waals surface area contributed by atoms with Crippen LogP contribution in [0.5, 0.6) is 11.5 Å². The van der Waals surface area contributed by atoms with Crippen LogP contribution in [0.3, 0.4) is 0 Å². The molecule has 2 aromatic rings. The lowest BCUT2D eigenvalue weighted by Crippen LogP contribution is -2.31. The summed E-state index contributed by atoms with van der Waals surface area (Å²) in [5, 5.41) is 3.79. The van der Waals surface area contributed by atoms with E-state index in [9.17, 15) is 4.39 Å². The van der Waals surface area contributed by atoms with Gasteiger partial charge in [0.1, 0.15) is 12.4 Å². The van der Waals surface area contributed by atoms with Gasteiger partial charge in [-0.15, -0.1) is 0 Å². The summed E-state index contributed by atoms with van der Waals surface area (Å²) < 4.78 is 25.4. The molecule has 0 amide bonds. The number of hydrogen-bond donors (Lipinski definition) is 1. The quantitative estimate of drug-likeness (QED) is 0.569. The highest BCUT2D eigenvalue weighted by Gasteiger charge is 2.14. The van der Waals surface area contributed by atoms with Crippen molar-refractivity contribution < 1.29 is 13.9 Å². The molecule has 0 saturated heterocycles. The molecule has 0 saturated carbocycles. The SMILES string of the molecule is CCN(CC)CCNCc1cccc(OC)c1OCc1c(F)cccc1Cl. The van der Waals surface area contributed by atoms with E-state index < -0.39 is 0 Å². The smallest absolute Gasteiger partial charge is 0.166 e. The Labute approximate surface area is 166 Å². The van der Waals surface area contributed by atoms with Gasteiger partial charge < -0.3 is 19.7 Å². The molecule has 0 fully saturated rings. The number of nitrogens with zero attached hydrogens (tertiary/aromatic N) is 1. The summed E-state index contributed by atoms with van der Waals surface area (Å²) in [5.41, 5.74) is 1.30. The van der Waals surface area contributed by atoms with E-state index in [0.717, 1.165) is 31.7 Å². The fraction of sp³-hybridized carbons (Fsp3) is 0.429. The van der Waals surface area contributed by atoms with E-state index in [0.29, 0.717) is 28.6 Å². The number of rotatable bonds is 11. The van der Waals surface area contributed by atoms with Crippen LogP contribution in [-0.2, 0) is 13.2 Å². The van der Waals surface area contributed by atoms with Gasteiger partial charge in [-0.25, -0.2) is 4.39 Å². The molecule has 1 N–H and O–H groups in total. The Bertz CT molecular complexity index is 703. The summed E-state index contributed by atoms with van der Waals surface area (Å²) in [6, 6.07) is 10.3. The first kappa shape index (κ1) is 21.5. The van der Waals surface area contributed by atoms with Crippen molar-refractivity contribution >= 4 is 11.6 Å². The molecule has 0 radical (unpaired) electrons. The molecule has 0 aliphatic heterocycles. The lowest BCUT2D eigenvalue weighted by Gasteiger charge is -2.19. The number of hydrogen-bond acceptors (Lipinski definition) is 4. The average molecular weight is 395 g/mol. The number of likely N-dealkylation sites (N-methyl/N-ethyl adjacent to an activating group) is 1. The summed E-state index contributed by atoms with van der Waals surface area (Å²) >= 11 is 6.10. The number of halogens is 2. The van der Waals surface area contributed by atoms with Crippen molar-refractivity contribution in [2.24, 2.45) is 0 Å². The van der Waals surface area contributed by atoms with Gasteiger partial charge in [0.25, 0.3) is 0 Å². The molecule has 0 atom stereocenters. The lowest BCUT2D eigenvalue weighted by atomic mass is 10.1. The summed E-state index contributed by atoms with van der Waals surface area (Å²) in [7, 11) is 1.59. The second-order valence-corrected chi connectivity index (χ2v) is 6.55. The fourth-order valence-electron chi connectivity index (χ4n) is 2.84. The first-order chi connectivity index (χ1) is 13.1. The number of para-hydroxylation sites is 1. The lowest BCUT2D eigenvalue weighted by molar-refractivity contribution is 0.275. The number of methoxy groups -OCH3 is 1. The van der Waals surface area contributed by atoms with E-state index in [4.69, 9.17) is 21.1 Å². The summed E-state index contributed by atoms with van der Waals surface area (Å²) in [4.78, 5) is 2.36. The standard InChI is InChI=1S/C21H28ClFN2O2/c1-4-25(5-2)13-12-24-14-16-8-6-11-20(26-3)21(16)27-15-17-18(22)9-7-10-19(17)23/h6-11,24H,4-5,12-15H2,1-3H3. The van der Waals surface area contributed by atoms with Gasteiger partial charge in [0.15, 0.2) is 11.5 Å². The molecule has 27 heavy (non-hydrogen) atoms. The van der Waals surface area contributed by atoms with E-state index in [1.54, 1.807) is 19.2 Å². The minimum atomic E-state index is -0.378. The van der Waals surface area contributed by atoms with Gasteiger partial charge in [0.2, 0.25) is 0 Å². The molecule has 4 nitrogen and oxygen atoms in total. The van der Waals surface area contributed by atoms with Crippen LogP contribution in [0.4, 0.5) is 4.39 Å². The maximum atomic E-state index is 14.0. The van der Waals surface area contributed by atoms with Crippen molar-refractivity contribution in [2.45, 2.75) is 27.0 Å². The number of ether oxygens (including phenoxy) is 2. The van der Waals surface area contributed by atoms with Crippen LogP contribution < -0.4 is 14.8 Å². The third kappa shape index (κ3) is 6.09. The molecule has 0 bridgehead atoms. The van der Waals surface area contributed by atoms with Crippen molar-refractivity contribution in [2.75, 3.05) is 33.3 Å². The summed E-state index contributed by atoms with van der Waals surface area (Å²) in [6.07, 6.45) is 0. The number of benzene rings is 2. The van der Waals surface area contributed by atoms with Gasteiger partial charge in [0, 0.05) is 30.8 Å². The van der Waals surface area contributed by atoms with E-state index in [1.165, 1.54) is 6.07 Å². The highest BCUT2D eigenvalue weighted by molar-refractivity contribution is 6.31. The Balaban J connectivity index is 2.06. The van der Waals surface area contributed by atoms with Crippen LogP contribution in [0, 0.1) is 5.82 Å². The van der Waals surface area contributed by atoms with Crippen LogP contribution >= 0.6 is 11.6 Å². The molecule has 2 rings (SSSR count). The zero-order chi connectivity index (χ0) is 19.6. The van der Waals surface area contributed by atoms with E-state index in [1.807, 2.05) is 18.2 Å². The van der Waals surface area contributed by atoms with Gasteiger partial charge in [0.05, 0.1) is 12.1 Å². The largest absolute Gasteiger partial charge is 0.493 e. The minimum absolute atomic E-state index is 0.0400. The summed E-state index contributed by atoms with van der Waals surface area (Å²) in [6.45, 7) is 8.92. The van der Waals surface area contributed by atoms with Crippen molar-refractivity contribution in [3.05, 3.63) is 58.4 Å². The molecule has 148 valence electrons. The monoisotopic (exact) mass is 394 g/mol. The Kier molecular flexibility index (Phi) is 8.85. The van der Waals surface area contributed by atoms with Crippen molar-refractivity contribution in [3.8, 4) is 11.5 Å². The Hall–Kier alpha value is -1.82. The molecule has 0 spiro atoms. The van der Waals surface area contributed by atoms with Crippen LogP contribution in [0.25, 0.3) is 0 Å². The van der Waals surface area contributed by atoms with Gasteiger partial charge in [-0.1, -0.05) is 43.6 Å². The molecular formula is C21H28ClFN2O2. The molecule has 6 heteroatoms. The third-order valence-corrected chi connectivity index (χ3v) is 4.87. The fourth-order valence-corrected chi connectivity index (χ4v) is 3.06. The third-order valence-electron chi connectivity index (χ3n) is 4.52. The van der Waals surface area contributed by atoms with Gasteiger partial charge >= 0.3 is 0 Å². The molecule has 0 heterocycles. The Morgan fingerprint density at radius 1 is 1.11 bits per heavy atom. The maximum absolute atomic E-state index is 14.0. The van der Waals surface area contributed by atoms with Gasteiger partial charge in [-0.05, 0) is 31.3 Å². The highest BCUT2D eigenvalue weighted by atomic mass is 35.5. The Morgan fingerprint density at radius 2 is 1.85 bits per heavy atom. The van der Waals surface area contributed by atoms with E-state index in [-0.39, 0.29) is 12.4 Å². The second-order valence-electron chi connectivity index (χ2n) is 6.14. The predicted molar refractivity (Wildman–Crippen MR) is 108 cm³/mol. The van der Waals surface area contributed by atoms with Crippen LogP contribution in [-0.4, -0.2) is 38.2 Å². The van der Waals surface area contributed by atoms with Gasteiger partial charge in [-0.2, -0.15) is 0 Å². The average Bonchev–Trinajstić information content (AvgIpc) is 2.68. The zero-order valence-corrected chi connectivity index (χ0v) is 17.0. The molecule has 0 aliphatic carbocycles. The first-order valence-electron chi connectivity index (χ1n) is 9.25. The van der Waals surface area contributed by atoms with Crippen LogP contribution in [0.15, 0.2) is 36.4 Å². The molecule has 0 aromatic heterocycles. The molecule has 2 aromatic carbocycles. The predicted octanol–water partition coefficient (Wildman–Crippen LogP) is 4.50. The highest BCUT2D eigenvalue weighted by Crippen LogP contribution is 2.32. The number of nitrogens with one attached hydrogen (secondary N) is 1. The molecule has 0 unspecified atom stereocenters.